The molecular formula is C40H24N6S. The Kier molecular flexibility index (Phi) is 6.54. The Morgan fingerprint density at radius 3 is 1.68 bits per heavy atom. The number of rotatable bonds is 5. The van der Waals surface area contributed by atoms with Crippen LogP contribution in [0.3, 0.4) is 0 Å². The van der Waals surface area contributed by atoms with Gasteiger partial charge in [0.1, 0.15) is 5.69 Å². The lowest BCUT2D eigenvalue weighted by molar-refractivity contribution is 1.07. The molecule has 0 bridgehead atoms. The molecule has 4 aromatic heterocycles. The summed E-state index contributed by atoms with van der Waals surface area (Å²) in [6.07, 6.45) is 3.81. The van der Waals surface area contributed by atoms with E-state index >= 15 is 0 Å². The van der Waals surface area contributed by atoms with E-state index in [1.165, 1.54) is 15.5 Å². The second-order valence-electron chi connectivity index (χ2n) is 11.2. The Bertz CT molecular complexity index is 2510. The first-order valence-corrected chi connectivity index (χ1v) is 16.1. The van der Waals surface area contributed by atoms with Crippen LogP contribution in [0.25, 0.3) is 87.9 Å². The maximum Gasteiger partial charge on any atom is 0.178 e. The molecular weight excluding hydrogens is 597 g/mol. The number of hydrogen-bond acceptors (Lipinski definition) is 7. The molecule has 0 saturated heterocycles. The molecule has 0 aliphatic rings. The largest absolute Gasteiger partial charge is 0.251 e. The van der Waals surface area contributed by atoms with Gasteiger partial charge in [-0.05, 0) is 35.4 Å². The first-order valence-electron chi connectivity index (χ1n) is 15.3. The molecule has 220 valence electrons. The average molecular weight is 621 g/mol. The summed E-state index contributed by atoms with van der Waals surface area (Å²) >= 11 is 1.75. The number of thiophene rings is 1. The van der Waals surface area contributed by atoms with Gasteiger partial charge < -0.3 is 0 Å². The fourth-order valence-electron chi connectivity index (χ4n) is 5.84. The van der Waals surface area contributed by atoms with E-state index in [1.807, 2.05) is 79.1 Å². The summed E-state index contributed by atoms with van der Waals surface area (Å²) < 4.78 is 2.42. The molecule has 0 atom stereocenters. The lowest BCUT2D eigenvalue weighted by atomic mass is 10.0. The Hall–Kier alpha value is -6.18. The Labute approximate surface area is 274 Å². The molecule has 9 rings (SSSR count). The first-order chi connectivity index (χ1) is 23.2. The normalized spacial score (nSPS) is 11.4. The summed E-state index contributed by atoms with van der Waals surface area (Å²) in [4.78, 5) is 28.8. The molecule has 0 amide bonds. The number of aromatic nitrogens is 6. The van der Waals surface area contributed by atoms with E-state index in [4.69, 9.17) is 29.9 Å². The van der Waals surface area contributed by atoms with Crippen molar-refractivity contribution in [1.82, 2.24) is 29.9 Å². The third kappa shape index (κ3) is 5.09. The SMILES string of the molecule is c1ccc(-c2nc(-c3ccccc3)nc(-c3ccc(-c4ccc5nc(-c6cc7c(cn6)sc6ccccc67)ncc5c4)cc3)n2)cc1. The van der Waals surface area contributed by atoms with Crippen LogP contribution in [0.4, 0.5) is 0 Å². The first kappa shape index (κ1) is 27.2. The lowest BCUT2D eigenvalue weighted by Gasteiger charge is -2.09. The molecule has 7 heteroatoms. The molecule has 0 aliphatic heterocycles. The monoisotopic (exact) mass is 620 g/mol. The number of benzene rings is 5. The van der Waals surface area contributed by atoms with Crippen LogP contribution in [0.1, 0.15) is 0 Å². The van der Waals surface area contributed by atoms with Crippen LogP contribution in [-0.4, -0.2) is 29.9 Å². The van der Waals surface area contributed by atoms with Gasteiger partial charge in [-0.1, -0.05) is 109 Å². The summed E-state index contributed by atoms with van der Waals surface area (Å²) in [5.41, 5.74) is 6.62. The van der Waals surface area contributed by atoms with Gasteiger partial charge in [-0.3, -0.25) is 4.98 Å². The van der Waals surface area contributed by atoms with Crippen molar-refractivity contribution >= 4 is 42.4 Å². The van der Waals surface area contributed by atoms with Crippen molar-refractivity contribution in [1.29, 1.82) is 0 Å². The van der Waals surface area contributed by atoms with Crippen LogP contribution >= 0.6 is 11.3 Å². The van der Waals surface area contributed by atoms with Gasteiger partial charge in [0.2, 0.25) is 0 Å². The minimum atomic E-state index is 0.619. The van der Waals surface area contributed by atoms with Crippen molar-refractivity contribution in [3.8, 4) is 56.8 Å². The molecule has 9 aromatic rings. The highest BCUT2D eigenvalue weighted by atomic mass is 32.1. The van der Waals surface area contributed by atoms with Crippen molar-refractivity contribution in [3.63, 3.8) is 0 Å². The van der Waals surface area contributed by atoms with Crippen LogP contribution in [-0.2, 0) is 0 Å². The standard InChI is InChI=1S/C40H24N6S/c1-3-9-26(10-4-1)37-44-38(27-11-5-2-6-12-27)46-39(45-37)28-17-15-25(16-18-28)29-19-20-33-30(21-29)23-42-40(43-33)34-22-32-31-13-7-8-14-35(31)47-36(32)24-41-34/h1-24H. The van der Waals surface area contributed by atoms with E-state index in [0.29, 0.717) is 23.3 Å². The average Bonchev–Trinajstić information content (AvgIpc) is 3.53. The van der Waals surface area contributed by atoms with Gasteiger partial charge in [-0.15, -0.1) is 11.3 Å². The Morgan fingerprint density at radius 2 is 0.979 bits per heavy atom. The quantitative estimate of drug-likeness (QED) is 0.191. The lowest BCUT2D eigenvalue weighted by Crippen LogP contribution is -2.00. The Balaban J connectivity index is 1.03. The van der Waals surface area contributed by atoms with Gasteiger partial charge in [0.15, 0.2) is 23.3 Å². The van der Waals surface area contributed by atoms with E-state index in [2.05, 4.69) is 66.7 Å². The zero-order valence-corrected chi connectivity index (χ0v) is 25.8. The summed E-state index contributed by atoms with van der Waals surface area (Å²) in [7, 11) is 0. The molecule has 0 radical (unpaired) electrons. The minimum Gasteiger partial charge on any atom is -0.251 e. The fourth-order valence-corrected chi connectivity index (χ4v) is 6.90. The topological polar surface area (TPSA) is 77.3 Å². The van der Waals surface area contributed by atoms with E-state index in [1.54, 1.807) is 11.3 Å². The van der Waals surface area contributed by atoms with Gasteiger partial charge in [0.25, 0.3) is 0 Å². The highest BCUT2D eigenvalue weighted by Crippen LogP contribution is 2.35. The molecule has 0 unspecified atom stereocenters. The van der Waals surface area contributed by atoms with Gasteiger partial charge in [-0.25, -0.2) is 24.9 Å². The number of pyridine rings is 1. The summed E-state index contributed by atoms with van der Waals surface area (Å²) in [6, 6.07) is 45.2. The maximum atomic E-state index is 4.88. The maximum absolute atomic E-state index is 4.88. The second kappa shape index (κ2) is 11.3. The molecule has 0 spiro atoms. The van der Waals surface area contributed by atoms with Crippen molar-refractivity contribution in [3.05, 3.63) is 146 Å². The number of hydrogen-bond donors (Lipinski definition) is 0. The highest BCUT2D eigenvalue weighted by molar-refractivity contribution is 7.25. The predicted octanol–water partition coefficient (Wildman–Crippen LogP) is 9.91. The van der Waals surface area contributed by atoms with Crippen LogP contribution in [0.5, 0.6) is 0 Å². The van der Waals surface area contributed by atoms with Gasteiger partial charge >= 0.3 is 0 Å². The second-order valence-corrected chi connectivity index (χ2v) is 12.3. The zero-order valence-electron chi connectivity index (χ0n) is 24.9. The highest BCUT2D eigenvalue weighted by Gasteiger charge is 2.14. The van der Waals surface area contributed by atoms with E-state index in [-0.39, 0.29) is 0 Å². The van der Waals surface area contributed by atoms with Crippen LogP contribution in [0, 0.1) is 0 Å². The van der Waals surface area contributed by atoms with Crippen molar-refractivity contribution < 1.29 is 0 Å². The van der Waals surface area contributed by atoms with Crippen molar-refractivity contribution in [2.75, 3.05) is 0 Å². The molecule has 47 heavy (non-hydrogen) atoms. The third-order valence-electron chi connectivity index (χ3n) is 8.25. The summed E-state index contributed by atoms with van der Waals surface area (Å²) in [5.74, 6) is 2.54. The molecule has 5 aromatic carbocycles. The van der Waals surface area contributed by atoms with Crippen LogP contribution in [0.2, 0.25) is 0 Å². The van der Waals surface area contributed by atoms with Crippen molar-refractivity contribution in [2.45, 2.75) is 0 Å². The van der Waals surface area contributed by atoms with E-state index < -0.39 is 0 Å². The van der Waals surface area contributed by atoms with Gasteiger partial charge in [-0.2, -0.15) is 0 Å². The van der Waals surface area contributed by atoms with E-state index in [0.717, 1.165) is 49.1 Å². The van der Waals surface area contributed by atoms with Crippen LogP contribution in [0.15, 0.2) is 146 Å². The zero-order chi connectivity index (χ0) is 31.2. The van der Waals surface area contributed by atoms with Gasteiger partial charge in [0, 0.05) is 49.9 Å². The third-order valence-corrected chi connectivity index (χ3v) is 9.37. The van der Waals surface area contributed by atoms with Crippen LogP contribution < -0.4 is 0 Å². The summed E-state index contributed by atoms with van der Waals surface area (Å²) in [5, 5.41) is 3.38. The molecule has 4 heterocycles. The fraction of sp³-hybridized carbons (Fsp3) is 0. The Morgan fingerprint density at radius 1 is 0.383 bits per heavy atom. The molecule has 0 fully saturated rings. The molecule has 0 saturated carbocycles. The smallest absolute Gasteiger partial charge is 0.178 e. The number of nitrogens with zero attached hydrogens (tertiary/aromatic N) is 6. The number of fused-ring (bicyclic) bond motifs is 4. The molecule has 0 N–H and O–H groups in total. The van der Waals surface area contributed by atoms with Gasteiger partial charge in [0.05, 0.1) is 10.2 Å². The minimum absolute atomic E-state index is 0.619. The molecule has 0 aliphatic carbocycles. The predicted molar refractivity (Wildman–Crippen MR) is 191 cm³/mol. The summed E-state index contributed by atoms with van der Waals surface area (Å²) in [6.45, 7) is 0. The van der Waals surface area contributed by atoms with E-state index in [9.17, 15) is 0 Å². The van der Waals surface area contributed by atoms with Crippen molar-refractivity contribution in [2.24, 2.45) is 0 Å². The molecule has 6 nitrogen and oxygen atoms in total.